The third kappa shape index (κ3) is 22.6. The Morgan fingerprint density at radius 2 is 0.574 bits per heavy atom. The Bertz CT molecular complexity index is 5640. The first-order chi connectivity index (χ1) is 57.4. The van der Waals surface area contributed by atoms with Crippen molar-refractivity contribution < 1.29 is 63.7 Å². The number of thioether (sulfide) groups is 1. The van der Waals surface area contributed by atoms with Gasteiger partial charge in [0, 0.05) is 123 Å². The van der Waals surface area contributed by atoms with E-state index in [9.17, 15) is 44.7 Å². The van der Waals surface area contributed by atoms with Gasteiger partial charge in [0.2, 0.25) is 0 Å². The van der Waals surface area contributed by atoms with Crippen LogP contribution >= 0.6 is 11.8 Å². The number of fused-ring (bicyclic) bond motifs is 11. The van der Waals surface area contributed by atoms with Crippen LogP contribution in [0.25, 0.3) is 32.3 Å². The van der Waals surface area contributed by atoms with Gasteiger partial charge in [-0.2, -0.15) is 11.8 Å². The van der Waals surface area contributed by atoms with E-state index in [-0.39, 0.29) is 64.2 Å². The van der Waals surface area contributed by atoms with Gasteiger partial charge < -0.3 is 38.8 Å². The summed E-state index contributed by atoms with van der Waals surface area (Å²) in [5, 5.41) is 12.5. The van der Waals surface area contributed by atoms with Crippen LogP contribution in [0.1, 0.15) is 201 Å². The predicted molar refractivity (Wildman–Crippen MR) is 496 cm³/mol. The topological polar surface area (TPSA) is 257 Å². The molecule has 0 fully saturated rings. The van der Waals surface area contributed by atoms with E-state index in [1.807, 2.05) is 118 Å². The Labute approximate surface area is 727 Å². The Hall–Kier alpha value is -9.85. The van der Waals surface area contributed by atoms with Gasteiger partial charge >= 0.3 is 0 Å². The molecule has 3 amide bonds. The third-order valence-electron chi connectivity index (χ3n) is 22.3. The largest absolute Gasteiger partial charge is 0.493 e. The molecule has 8 bridgehead atoms. The molecule has 652 valence electrons. The van der Waals surface area contributed by atoms with Crippen LogP contribution in [-0.4, -0.2) is 135 Å². The summed E-state index contributed by atoms with van der Waals surface area (Å²) >= 11 is 1.78. The number of carbonyl (C=O) groups excluding carboxylic acids is 3. The van der Waals surface area contributed by atoms with Gasteiger partial charge in [0.05, 0.1) is 27.9 Å². The van der Waals surface area contributed by atoms with Crippen LogP contribution in [0.3, 0.4) is 0 Å². The highest BCUT2D eigenvalue weighted by molar-refractivity contribution is 7.99. The Kier molecular flexibility index (Phi) is 29.3. The van der Waals surface area contributed by atoms with E-state index in [1.54, 1.807) is 66.4 Å². The second-order valence-electron chi connectivity index (χ2n) is 36.7. The Morgan fingerprint density at radius 3 is 0.828 bits per heavy atom. The van der Waals surface area contributed by atoms with Crippen LogP contribution in [0.15, 0.2) is 172 Å². The lowest BCUT2D eigenvalue weighted by Crippen LogP contribution is -2.35. The number of carbonyl (C=O) groups is 3. The summed E-state index contributed by atoms with van der Waals surface area (Å²) in [6.45, 7) is 23.4. The maximum Gasteiger partial charge on any atom is 0.271 e. The minimum absolute atomic E-state index is 0.0223. The van der Waals surface area contributed by atoms with E-state index >= 15 is 0 Å². The molecule has 0 saturated heterocycles. The second kappa shape index (κ2) is 38.5. The minimum Gasteiger partial charge on any atom is -0.493 e. The van der Waals surface area contributed by atoms with Crippen LogP contribution < -0.4 is 47.8 Å². The number of aliphatic hydroxyl groups is 1. The average Bonchev–Trinajstić information content (AvgIpc) is 0.764. The van der Waals surface area contributed by atoms with Crippen molar-refractivity contribution in [1.29, 1.82) is 0 Å². The molecule has 10 aromatic carbocycles. The minimum atomic E-state index is -4.59. The lowest BCUT2D eigenvalue weighted by Gasteiger charge is -2.29. The quantitative estimate of drug-likeness (QED) is 0.0286. The van der Waals surface area contributed by atoms with Gasteiger partial charge in [0.15, 0.2) is 19.8 Å². The molecule has 20 nitrogen and oxygen atoms in total. The molecule has 0 aromatic heterocycles. The van der Waals surface area contributed by atoms with Gasteiger partial charge in [-0.05, 0) is 143 Å². The number of rotatable bonds is 32. The molecule has 0 heterocycles. The molecule has 1 aliphatic rings. The smallest absolute Gasteiger partial charge is 0.271 e. The summed E-state index contributed by atoms with van der Waals surface area (Å²) in [6, 6.07) is 47.4. The number of nitrogens with one attached hydrogen (secondary N) is 3. The molecule has 0 spiro atoms. The van der Waals surface area contributed by atoms with Crippen LogP contribution in [0.4, 0.5) is 17.1 Å². The highest BCUT2D eigenvalue weighted by Crippen LogP contribution is 2.46. The molecule has 0 saturated carbocycles. The average molecular weight is 1740 g/mol. The maximum absolute atomic E-state index is 14.9. The van der Waals surface area contributed by atoms with Gasteiger partial charge in [-0.25, -0.2) is 39.4 Å². The normalized spacial score (nSPS) is 12.9. The first-order valence-electron chi connectivity index (χ1n) is 42.0. The lowest BCUT2D eigenvalue weighted by molar-refractivity contribution is -0.122. The molecule has 10 aromatic rings. The molecule has 0 unspecified atom stereocenters. The zero-order valence-electron chi connectivity index (χ0n) is 74.2. The van der Waals surface area contributed by atoms with Crippen molar-refractivity contribution in [3.63, 3.8) is 0 Å². The SMILES string of the molecule is CN(C)c1cccc2c(S(=O)(=O)NC(=O)COc3c4cc(C(C)(C)C)cc3Cc3cc(C(C)(C)C)cc(c3OCC(=O)NS(=O)(=O)c3cccc5c(N(C)C)cccc35)Cc3cc(C(C)(C)C)cc(c3OCC(=O)NS(=O)(=O)c3cccc5c(N(C)C)cccc35)Cc3cc(C(C)(C)C)cc(c3OCCCCCCCCCCSCCO)C4)cccc12. The van der Waals surface area contributed by atoms with Crippen LogP contribution in [0.5, 0.6) is 23.0 Å². The number of ether oxygens (including phenoxy) is 4. The molecule has 11 rings (SSSR count). The summed E-state index contributed by atoms with van der Waals surface area (Å²) in [5.41, 5.74) is 8.63. The number of amides is 3. The van der Waals surface area contributed by atoms with Gasteiger partial charge in [0.1, 0.15) is 23.0 Å². The fourth-order valence-corrected chi connectivity index (χ4v) is 20.2. The van der Waals surface area contributed by atoms with Crippen molar-refractivity contribution in [2.75, 3.05) is 102 Å². The van der Waals surface area contributed by atoms with Gasteiger partial charge in [-0.3, -0.25) is 14.4 Å². The van der Waals surface area contributed by atoms with E-state index in [0.717, 1.165) is 113 Å². The summed E-state index contributed by atoms with van der Waals surface area (Å²) in [7, 11) is -2.49. The van der Waals surface area contributed by atoms with Crippen molar-refractivity contribution in [1.82, 2.24) is 14.2 Å². The van der Waals surface area contributed by atoms with Crippen LogP contribution in [-0.2, 0) is 91.8 Å². The van der Waals surface area contributed by atoms with Crippen molar-refractivity contribution in [2.24, 2.45) is 0 Å². The van der Waals surface area contributed by atoms with Gasteiger partial charge in [0.25, 0.3) is 47.8 Å². The number of hydrogen-bond donors (Lipinski definition) is 4. The molecule has 122 heavy (non-hydrogen) atoms. The van der Waals surface area contributed by atoms with Crippen molar-refractivity contribution in [2.45, 2.75) is 196 Å². The number of aliphatic hydroxyl groups excluding tert-OH is 1. The summed E-state index contributed by atoms with van der Waals surface area (Å²) in [5.74, 6) is 0.239. The Morgan fingerprint density at radius 1 is 0.336 bits per heavy atom. The van der Waals surface area contributed by atoms with Crippen LogP contribution in [0.2, 0.25) is 0 Å². The highest BCUT2D eigenvalue weighted by atomic mass is 32.2. The zero-order valence-corrected chi connectivity index (χ0v) is 77.4. The number of sulfonamides is 3. The molecule has 1 aliphatic carbocycles. The lowest BCUT2D eigenvalue weighted by atomic mass is 9.79. The first kappa shape index (κ1) is 92.9. The molecule has 0 aliphatic heterocycles. The summed E-state index contributed by atoms with van der Waals surface area (Å²) < 4.78 is 124. The van der Waals surface area contributed by atoms with Crippen molar-refractivity contribution >= 4 is 109 Å². The number of unbranched alkanes of at least 4 members (excludes halogenated alkanes) is 7. The molecule has 24 heteroatoms. The van der Waals surface area contributed by atoms with Crippen LogP contribution in [0, 0.1) is 0 Å². The summed E-state index contributed by atoms with van der Waals surface area (Å²) in [4.78, 5) is 50.1. The fraction of sp³-hybridized carbons (Fsp3) is 0.418. The zero-order chi connectivity index (χ0) is 88.6. The molecule has 4 N–H and O–H groups in total. The predicted octanol–water partition coefficient (Wildman–Crippen LogP) is 18.1. The van der Waals surface area contributed by atoms with E-state index in [4.69, 9.17) is 18.9 Å². The summed E-state index contributed by atoms with van der Waals surface area (Å²) in [6.07, 6.45) is 8.43. The van der Waals surface area contributed by atoms with E-state index in [0.29, 0.717) is 78.1 Å². The van der Waals surface area contributed by atoms with E-state index in [1.165, 1.54) is 18.2 Å². The second-order valence-corrected chi connectivity index (χ2v) is 42.9. The first-order valence-corrected chi connectivity index (χ1v) is 47.6. The van der Waals surface area contributed by atoms with Gasteiger partial charge in [-0.1, -0.05) is 243 Å². The molecule has 0 radical (unpaired) electrons. The number of benzene rings is 10. The van der Waals surface area contributed by atoms with Crippen molar-refractivity contribution in [3.05, 3.63) is 224 Å². The number of nitrogens with zero attached hydrogens (tertiary/aromatic N) is 3. The molecule has 0 atom stereocenters. The molecular weight excluding hydrogens is 1610 g/mol. The monoisotopic (exact) mass is 1730 g/mol. The maximum atomic E-state index is 14.9. The Balaban J connectivity index is 1.11. The number of anilines is 3. The van der Waals surface area contributed by atoms with E-state index < -0.39 is 89.3 Å². The third-order valence-corrected chi connectivity index (χ3v) is 27.6. The standard InChI is InChI=1S/C98H122N6O14S4/c1-95(2,3)72-53-64-49-66-55-73(96(4,5)6)57-68(92(66)116-61-88(106)99-120(109,110)85-42-30-33-76-79(85)36-27-39-82(76)102(13)14)51-70-59-75(98(10,11)12)60-71(94(70)118-63-90(108)101-122(113,114)87-44-32-35-78-81(87)38-29-41-84(78)104(17)18)52-69-58-74(97(7,8)9)56-67(50-65(54-72)91(64)115-46-25-23-21-19-20-22-24-26-47-119-48-45-105)93(69)117-62-89(107)100-121(111,112)86-43-31-34-77-80(86)37-28-40-83(77)103(15)16/h27-44,53-60,105H,19-26,45-52,61-63H2,1-18H3,(H,99,106)(H,100,107)(H,101,108). The van der Waals surface area contributed by atoms with Crippen molar-refractivity contribution in [3.8, 4) is 23.0 Å². The fourth-order valence-electron chi connectivity index (χ4n) is 15.9. The number of hydrogen-bond acceptors (Lipinski definition) is 18. The highest BCUT2D eigenvalue weighted by Gasteiger charge is 2.33. The van der Waals surface area contributed by atoms with Gasteiger partial charge in [-0.15, -0.1) is 0 Å². The molecular formula is C98H122N6O14S4. The van der Waals surface area contributed by atoms with E-state index in [2.05, 4.69) is 122 Å².